The highest BCUT2D eigenvalue weighted by Crippen LogP contribution is 2.39. The van der Waals surface area contributed by atoms with Gasteiger partial charge in [0.05, 0.1) is 16.1 Å². The average molecular weight is 250 g/mol. The summed E-state index contributed by atoms with van der Waals surface area (Å²) in [5.41, 5.74) is 0.892. The van der Waals surface area contributed by atoms with Crippen LogP contribution in [0.1, 0.15) is 0 Å². The van der Waals surface area contributed by atoms with E-state index < -0.39 is 0 Å². The highest BCUT2D eigenvalue weighted by molar-refractivity contribution is 6.33. The minimum absolute atomic E-state index is 0.0367. The molecule has 1 aromatic heterocycles. The Morgan fingerprint density at radius 1 is 0.941 bits per heavy atom. The molecule has 5 heteroatoms. The molecule has 1 heterocycles. The molecule has 0 unspecified atom stereocenters. The van der Waals surface area contributed by atoms with Crippen LogP contribution >= 0.6 is 11.6 Å². The van der Waals surface area contributed by atoms with Gasteiger partial charge in [-0.25, -0.2) is 0 Å². The molecule has 0 aliphatic heterocycles. The molecular formula is C12H8ClNO3. The molecule has 17 heavy (non-hydrogen) atoms. The Bertz CT molecular complexity index is 748. The van der Waals surface area contributed by atoms with Crippen LogP contribution in [0.3, 0.4) is 0 Å². The maximum Gasteiger partial charge on any atom is 0.158 e. The lowest BCUT2D eigenvalue weighted by Crippen LogP contribution is -1.71. The quantitative estimate of drug-likeness (QED) is 0.494. The predicted octanol–water partition coefficient (Wildman–Crippen LogP) is 3.09. The Hall–Kier alpha value is -2.07. The normalized spacial score (nSPS) is 11.4. The van der Waals surface area contributed by atoms with Gasteiger partial charge in [-0.15, -0.1) is 0 Å². The van der Waals surface area contributed by atoms with Crippen molar-refractivity contribution in [2.45, 2.75) is 0 Å². The van der Waals surface area contributed by atoms with E-state index in [0.717, 1.165) is 0 Å². The maximum absolute atomic E-state index is 9.81. The molecule has 4 nitrogen and oxygen atoms in total. The number of benzene rings is 2. The van der Waals surface area contributed by atoms with E-state index in [2.05, 4.69) is 4.98 Å². The largest absolute Gasteiger partial charge is 0.508 e. The lowest BCUT2D eigenvalue weighted by molar-refractivity contribution is 0.454. The number of halogens is 1. The fourth-order valence-corrected chi connectivity index (χ4v) is 2.15. The Kier molecular flexibility index (Phi) is 1.91. The first-order chi connectivity index (χ1) is 8.08. The first-order valence-electron chi connectivity index (χ1n) is 4.93. The summed E-state index contributed by atoms with van der Waals surface area (Å²) in [6.45, 7) is 0. The Balaban J connectivity index is 2.59. The molecule has 3 rings (SSSR count). The van der Waals surface area contributed by atoms with Crippen LogP contribution in [0.15, 0.2) is 24.3 Å². The van der Waals surface area contributed by atoms with Crippen LogP contribution in [0.5, 0.6) is 17.2 Å². The van der Waals surface area contributed by atoms with Gasteiger partial charge in [-0.3, -0.25) is 0 Å². The van der Waals surface area contributed by atoms with Crippen LogP contribution in [0, 0.1) is 0 Å². The Labute approximate surface area is 101 Å². The van der Waals surface area contributed by atoms with Crippen molar-refractivity contribution < 1.29 is 15.3 Å². The first kappa shape index (κ1) is 10.1. The summed E-state index contributed by atoms with van der Waals surface area (Å²) >= 11 is 5.80. The zero-order valence-corrected chi connectivity index (χ0v) is 9.28. The number of nitrogens with one attached hydrogen (secondary N) is 1. The first-order valence-corrected chi connectivity index (χ1v) is 5.30. The molecule has 3 aromatic rings. The van der Waals surface area contributed by atoms with Crippen LogP contribution in [-0.2, 0) is 0 Å². The Morgan fingerprint density at radius 3 is 2.47 bits per heavy atom. The SMILES string of the molecule is Oc1cc(O)c2[nH]c3c(O)c(Cl)ccc3c2c1. The zero-order chi connectivity index (χ0) is 12.2. The third-order valence-corrected chi connectivity index (χ3v) is 3.08. The molecule has 0 radical (unpaired) electrons. The third kappa shape index (κ3) is 1.31. The average Bonchev–Trinajstić information content (AvgIpc) is 2.63. The molecule has 4 N–H and O–H groups in total. The number of aromatic hydroxyl groups is 3. The molecule has 0 bridgehead atoms. The molecule has 0 aliphatic carbocycles. The third-order valence-electron chi connectivity index (χ3n) is 2.77. The summed E-state index contributed by atoms with van der Waals surface area (Å²) < 4.78 is 0. The Morgan fingerprint density at radius 2 is 1.71 bits per heavy atom. The van der Waals surface area contributed by atoms with Gasteiger partial charge in [-0.05, 0) is 12.1 Å². The number of phenolic OH excluding ortho intramolecular Hbond substituents is 3. The molecule has 0 saturated carbocycles. The number of rotatable bonds is 0. The fourth-order valence-electron chi connectivity index (χ4n) is 2.00. The second kappa shape index (κ2) is 3.21. The van der Waals surface area contributed by atoms with Gasteiger partial charge in [-0.1, -0.05) is 17.7 Å². The number of aromatic nitrogens is 1. The zero-order valence-electron chi connectivity index (χ0n) is 8.53. The molecule has 0 aliphatic rings. The van der Waals surface area contributed by atoms with Crippen molar-refractivity contribution in [2.24, 2.45) is 0 Å². The van der Waals surface area contributed by atoms with Gasteiger partial charge in [0.1, 0.15) is 11.5 Å². The van der Waals surface area contributed by atoms with E-state index in [0.29, 0.717) is 21.8 Å². The van der Waals surface area contributed by atoms with Crippen LogP contribution in [0.2, 0.25) is 5.02 Å². The minimum Gasteiger partial charge on any atom is -0.508 e. The van der Waals surface area contributed by atoms with Crippen molar-refractivity contribution >= 4 is 33.4 Å². The van der Waals surface area contributed by atoms with Crippen molar-refractivity contribution in [3.63, 3.8) is 0 Å². The predicted molar refractivity (Wildman–Crippen MR) is 65.8 cm³/mol. The summed E-state index contributed by atoms with van der Waals surface area (Å²) in [5.74, 6) is -0.184. The fraction of sp³-hybridized carbons (Fsp3) is 0. The molecule has 0 saturated heterocycles. The summed E-state index contributed by atoms with van der Waals surface area (Å²) in [4.78, 5) is 2.89. The number of H-pyrrole nitrogens is 1. The lowest BCUT2D eigenvalue weighted by atomic mass is 10.1. The van der Waals surface area contributed by atoms with Gasteiger partial charge in [0.15, 0.2) is 5.75 Å². The van der Waals surface area contributed by atoms with Gasteiger partial charge in [0, 0.05) is 16.8 Å². The lowest BCUT2D eigenvalue weighted by Gasteiger charge is -1.97. The monoisotopic (exact) mass is 249 g/mol. The van der Waals surface area contributed by atoms with Gasteiger partial charge in [0.2, 0.25) is 0 Å². The van der Waals surface area contributed by atoms with Gasteiger partial charge >= 0.3 is 0 Å². The smallest absolute Gasteiger partial charge is 0.158 e. The second-order valence-electron chi connectivity index (χ2n) is 3.83. The van der Waals surface area contributed by atoms with Crippen molar-refractivity contribution in [3.8, 4) is 17.2 Å². The van der Waals surface area contributed by atoms with Gasteiger partial charge < -0.3 is 20.3 Å². The highest BCUT2D eigenvalue weighted by atomic mass is 35.5. The highest BCUT2D eigenvalue weighted by Gasteiger charge is 2.13. The number of fused-ring (bicyclic) bond motifs is 3. The number of hydrogen-bond acceptors (Lipinski definition) is 3. The van der Waals surface area contributed by atoms with E-state index in [4.69, 9.17) is 11.6 Å². The standard InChI is InChI=1S/C12H8ClNO3/c13-8-2-1-6-7-3-5(15)4-9(16)10(7)14-11(6)12(8)17/h1-4,14-17H. The molecule has 0 atom stereocenters. The van der Waals surface area contributed by atoms with E-state index in [9.17, 15) is 15.3 Å². The van der Waals surface area contributed by atoms with Crippen molar-refractivity contribution in [1.29, 1.82) is 0 Å². The summed E-state index contributed by atoms with van der Waals surface area (Å²) in [6, 6.07) is 6.03. The molecular weight excluding hydrogens is 242 g/mol. The molecule has 2 aromatic carbocycles. The van der Waals surface area contributed by atoms with Crippen LogP contribution < -0.4 is 0 Å². The van der Waals surface area contributed by atoms with Crippen LogP contribution in [-0.4, -0.2) is 20.3 Å². The molecule has 0 spiro atoms. The number of aromatic amines is 1. The van der Waals surface area contributed by atoms with E-state index >= 15 is 0 Å². The summed E-state index contributed by atoms with van der Waals surface area (Å²) in [6.07, 6.45) is 0. The van der Waals surface area contributed by atoms with E-state index in [-0.39, 0.29) is 22.3 Å². The maximum atomic E-state index is 9.81. The van der Waals surface area contributed by atoms with Crippen LogP contribution in [0.25, 0.3) is 21.8 Å². The van der Waals surface area contributed by atoms with Gasteiger partial charge in [0.25, 0.3) is 0 Å². The van der Waals surface area contributed by atoms with Gasteiger partial charge in [-0.2, -0.15) is 0 Å². The topological polar surface area (TPSA) is 76.5 Å². The van der Waals surface area contributed by atoms with Crippen molar-refractivity contribution in [2.75, 3.05) is 0 Å². The number of hydrogen-bond donors (Lipinski definition) is 4. The van der Waals surface area contributed by atoms with E-state index in [1.807, 2.05) is 0 Å². The van der Waals surface area contributed by atoms with E-state index in [1.54, 1.807) is 12.1 Å². The summed E-state index contributed by atoms with van der Waals surface area (Å²) in [5, 5.41) is 30.5. The van der Waals surface area contributed by atoms with Crippen molar-refractivity contribution in [3.05, 3.63) is 29.3 Å². The molecule has 86 valence electrons. The van der Waals surface area contributed by atoms with E-state index in [1.165, 1.54) is 12.1 Å². The van der Waals surface area contributed by atoms with Crippen LogP contribution in [0.4, 0.5) is 0 Å². The molecule has 0 fully saturated rings. The molecule has 0 amide bonds. The summed E-state index contributed by atoms with van der Waals surface area (Å²) in [7, 11) is 0. The second-order valence-corrected chi connectivity index (χ2v) is 4.24. The van der Waals surface area contributed by atoms with Crippen molar-refractivity contribution in [1.82, 2.24) is 4.98 Å². The number of phenols is 3. The minimum atomic E-state index is -0.0771.